The van der Waals surface area contributed by atoms with Crippen molar-refractivity contribution >= 4 is 23.5 Å². The van der Waals surface area contributed by atoms with Crippen LogP contribution >= 0.6 is 11.8 Å². The van der Waals surface area contributed by atoms with Crippen LogP contribution in [0.5, 0.6) is 0 Å². The summed E-state index contributed by atoms with van der Waals surface area (Å²) in [5, 5.41) is 8.62. The molecule has 0 heterocycles. The van der Waals surface area contributed by atoms with E-state index in [-0.39, 0.29) is 24.5 Å². The number of carboxylic acids is 1. The first-order chi connectivity index (χ1) is 8.02. The number of carbonyl (C=O) groups is 2. The minimum absolute atomic E-state index is 0.00593. The quantitative estimate of drug-likeness (QED) is 0.624. The number of aliphatic carboxylic acids is 1. The number of ketones is 1. The molecule has 1 aromatic rings. The molecule has 17 heavy (non-hydrogen) atoms. The molecule has 0 aliphatic carbocycles. The van der Waals surface area contributed by atoms with E-state index in [1.807, 2.05) is 18.4 Å². The highest BCUT2D eigenvalue weighted by Crippen LogP contribution is 2.17. The summed E-state index contributed by atoms with van der Waals surface area (Å²) in [6.45, 7) is 1.78. The lowest BCUT2D eigenvalue weighted by atomic mass is 9.97. The van der Waals surface area contributed by atoms with Gasteiger partial charge in [-0.05, 0) is 24.3 Å². The molecule has 0 saturated heterocycles. The first-order valence-electron chi connectivity index (χ1n) is 5.42. The van der Waals surface area contributed by atoms with E-state index in [4.69, 9.17) is 5.11 Å². The summed E-state index contributed by atoms with van der Waals surface area (Å²) in [5.74, 6) is -0.977. The average Bonchev–Trinajstić information content (AvgIpc) is 2.28. The van der Waals surface area contributed by atoms with E-state index in [1.54, 1.807) is 30.8 Å². The fraction of sp³-hybridized carbons (Fsp3) is 0.385. The van der Waals surface area contributed by atoms with Gasteiger partial charge in [-0.3, -0.25) is 9.59 Å². The van der Waals surface area contributed by atoms with Crippen LogP contribution in [0.2, 0.25) is 0 Å². The highest BCUT2D eigenvalue weighted by Gasteiger charge is 2.13. The average molecular weight is 252 g/mol. The Morgan fingerprint density at radius 2 is 1.82 bits per heavy atom. The number of Topliss-reactive ketones (excluding diaryl/α,β-unsaturated/α-hetero) is 1. The maximum atomic E-state index is 11.8. The van der Waals surface area contributed by atoms with Crippen LogP contribution < -0.4 is 0 Å². The second kappa shape index (κ2) is 6.45. The number of hydrogen-bond donors (Lipinski definition) is 1. The molecule has 0 fully saturated rings. The summed E-state index contributed by atoms with van der Waals surface area (Å²) in [6.07, 6.45) is 2.30. The van der Waals surface area contributed by atoms with E-state index in [0.29, 0.717) is 5.56 Å². The predicted molar refractivity (Wildman–Crippen MR) is 68.6 cm³/mol. The van der Waals surface area contributed by atoms with E-state index >= 15 is 0 Å². The standard InChI is InChI=1S/C13H16O3S/c1-9(8-13(15)16)7-12(14)10-3-5-11(17-2)6-4-10/h3-6,9H,7-8H2,1-2H3,(H,15,16)/t9-/m1/s1. The van der Waals surface area contributed by atoms with Gasteiger partial charge < -0.3 is 5.11 Å². The summed E-state index contributed by atoms with van der Waals surface area (Å²) in [7, 11) is 0. The van der Waals surface area contributed by atoms with Gasteiger partial charge in [0.15, 0.2) is 5.78 Å². The largest absolute Gasteiger partial charge is 0.481 e. The molecule has 0 bridgehead atoms. The van der Waals surface area contributed by atoms with Gasteiger partial charge in [-0.2, -0.15) is 0 Å². The molecule has 0 amide bonds. The molecular formula is C13H16O3S. The van der Waals surface area contributed by atoms with Gasteiger partial charge in [0, 0.05) is 23.3 Å². The molecule has 0 aromatic heterocycles. The zero-order valence-electron chi connectivity index (χ0n) is 9.97. The fourth-order valence-corrected chi connectivity index (χ4v) is 1.99. The molecule has 0 saturated carbocycles. The van der Waals surface area contributed by atoms with Gasteiger partial charge in [0.05, 0.1) is 0 Å². The Morgan fingerprint density at radius 1 is 1.24 bits per heavy atom. The molecule has 0 unspecified atom stereocenters. The van der Waals surface area contributed by atoms with Crippen molar-refractivity contribution in [2.75, 3.05) is 6.26 Å². The molecule has 1 aromatic carbocycles. The number of thioether (sulfide) groups is 1. The lowest BCUT2D eigenvalue weighted by Crippen LogP contribution is -2.10. The smallest absolute Gasteiger partial charge is 0.303 e. The molecule has 1 atom stereocenters. The minimum Gasteiger partial charge on any atom is -0.481 e. The lowest BCUT2D eigenvalue weighted by molar-refractivity contribution is -0.137. The van der Waals surface area contributed by atoms with Crippen LogP contribution in [0, 0.1) is 5.92 Å². The van der Waals surface area contributed by atoms with Crippen molar-refractivity contribution in [2.24, 2.45) is 5.92 Å². The Hall–Kier alpha value is -1.29. The van der Waals surface area contributed by atoms with Gasteiger partial charge in [0.1, 0.15) is 0 Å². The van der Waals surface area contributed by atoms with E-state index in [9.17, 15) is 9.59 Å². The van der Waals surface area contributed by atoms with E-state index < -0.39 is 5.97 Å². The molecule has 0 aliphatic heterocycles. The highest BCUT2D eigenvalue weighted by molar-refractivity contribution is 7.98. The van der Waals surface area contributed by atoms with Crippen LogP contribution in [0.4, 0.5) is 0 Å². The summed E-state index contributed by atoms with van der Waals surface area (Å²) >= 11 is 1.62. The first-order valence-corrected chi connectivity index (χ1v) is 6.64. The van der Waals surface area contributed by atoms with Crippen molar-refractivity contribution in [3.8, 4) is 0 Å². The molecule has 3 nitrogen and oxygen atoms in total. The summed E-state index contributed by atoms with van der Waals surface area (Å²) in [6, 6.07) is 7.39. The van der Waals surface area contributed by atoms with Crippen molar-refractivity contribution in [2.45, 2.75) is 24.7 Å². The molecule has 1 rings (SSSR count). The van der Waals surface area contributed by atoms with E-state index in [1.165, 1.54) is 0 Å². The Balaban J connectivity index is 2.60. The van der Waals surface area contributed by atoms with Crippen LogP contribution in [0.1, 0.15) is 30.1 Å². The SMILES string of the molecule is CSc1ccc(C(=O)C[C@@H](C)CC(=O)O)cc1. The van der Waals surface area contributed by atoms with Crippen LogP contribution in [-0.4, -0.2) is 23.1 Å². The predicted octanol–water partition coefficient (Wildman–Crippen LogP) is 3.09. The maximum Gasteiger partial charge on any atom is 0.303 e. The van der Waals surface area contributed by atoms with Crippen molar-refractivity contribution < 1.29 is 14.7 Å². The Bertz CT molecular complexity index is 398. The molecular weight excluding hydrogens is 236 g/mol. The molecule has 0 spiro atoms. The highest BCUT2D eigenvalue weighted by atomic mass is 32.2. The van der Waals surface area contributed by atoms with Crippen molar-refractivity contribution in [1.82, 2.24) is 0 Å². The molecule has 4 heteroatoms. The van der Waals surface area contributed by atoms with Gasteiger partial charge in [-0.1, -0.05) is 19.1 Å². The van der Waals surface area contributed by atoms with Crippen molar-refractivity contribution in [3.63, 3.8) is 0 Å². The molecule has 0 radical (unpaired) electrons. The van der Waals surface area contributed by atoms with Gasteiger partial charge in [-0.15, -0.1) is 11.8 Å². The number of carbonyl (C=O) groups excluding carboxylic acids is 1. The second-order valence-electron chi connectivity index (χ2n) is 4.06. The lowest BCUT2D eigenvalue weighted by Gasteiger charge is -2.07. The molecule has 0 aliphatic rings. The third kappa shape index (κ3) is 4.61. The Morgan fingerprint density at radius 3 is 2.29 bits per heavy atom. The van der Waals surface area contributed by atoms with Gasteiger partial charge >= 0.3 is 5.97 Å². The van der Waals surface area contributed by atoms with Gasteiger partial charge in [0.25, 0.3) is 0 Å². The fourth-order valence-electron chi connectivity index (χ4n) is 1.58. The third-order valence-corrected chi connectivity index (χ3v) is 3.21. The van der Waals surface area contributed by atoms with Crippen LogP contribution in [0.3, 0.4) is 0 Å². The van der Waals surface area contributed by atoms with Crippen LogP contribution in [0.15, 0.2) is 29.2 Å². The number of rotatable bonds is 6. The summed E-state index contributed by atoms with van der Waals surface area (Å²) in [5.41, 5.74) is 0.653. The Labute approximate surface area is 105 Å². The number of hydrogen-bond acceptors (Lipinski definition) is 3. The summed E-state index contributed by atoms with van der Waals surface area (Å²) < 4.78 is 0. The second-order valence-corrected chi connectivity index (χ2v) is 4.94. The monoisotopic (exact) mass is 252 g/mol. The zero-order chi connectivity index (χ0) is 12.8. The number of carboxylic acid groups (broad SMARTS) is 1. The Kier molecular flexibility index (Phi) is 5.22. The maximum absolute atomic E-state index is 11.8. The van der Waals surface area contributed by atoms with E-state index in [2.05, 4.69) is 0 Å². The van der Waals surface area contributed by atoms with E-state index in [0.717, 1.165) is 4.90 Å². The van der Waals surface area contributed by atoms with Crippen molar-refractivity contribution in [3.05, 3.63) is 29.8 Å². The van der Waals surface area contributed by atoms with Crippen molar-refractivity contribution in [1.29, 1.82) is 0 Å². The third-order valence-electron chi connectivity index (χ3n) is 2.47. The van der Waals surface area contributed by atoms with Crippen LogP contribution in [0.25, 0.3) is 0 Å². The summed E-state index contributed by atoms with van der Waals surface area (Å²) in [4.78, 5) is 23.4. The minimum atomic E-state index is -0.858. The van der Waals surface area contributed by atoms with Gasteiger partial charge in [0.2, 0.25) is 0 Å². The van der Waals surface area contributed by atoms with Gasteiger partial charge in [-0.25, -0.2) is 0 Å². The number of benzene rings is 1. The zero-order valence-corrected chi connectivity index (χ0v) is 10.8. The van der Waals surface area contributed by atoms with Crippen LogP contribution in [-0.2, 0) is 4.79 Å². The normalized spacial score (nSPS) is 12.1. The molecule has 1 N–H and O–H groups in total. The first kappa shape index (κ1) is 13.8. The topological polar surface area (TPSA) is 54.4 Å². The molecule has 92 valence electrons.